The topological polar surface area (TPSA) is 60.9 Å². The average Bonchev–Trinajstić information content (AvgIpc) is 3.13. The summed E-state index contributed by atoms with van der Waals surface area (Å²) in [7, 11) is 0. The molecule has 0 saturated heterocycles. The number of amides is 2. The summed E-state index contributed by atoms with van der Waals surface area (Å²) in [5.41, 5.74) is 0. The van der Waals surface area contributed by atoms with Gasteiger partial charge in [0.2, 0.25) is 0 Å². The fraction of sp³-hybridized carbons (Fsp3) is 0.846. The molecule has 0 aliphatic heterocycles. The first-order valence-electron chi connectivity index (χ1n) is 6.87. The van der Waals surface area contributed by atoms with Crippen LogP contribution in [0.4, 0.5) is 4.79 Å². The second-order valence-electron chi connectivity index (χ2n) is 4.84. The Hall–Kier alpha value is -1.26. The van der Waals surface area contributed by atoms with Crippen molar-refractivity contribution in [1.82, 2.24) is 9.80 Å². The number of rotatable bonds is 8. The lowest BCUT2D eigenvalue weighted by molar-refractivity contribution is -0.137. The van der Waals surface area contributed by atoms with Crippen molar-refractivity contribution in [3.63, 3.8) is 0 Å². The minimum absolute atomic E-state index is 0.0162. The summed E-state index contributed by atoms with van der Waals surface area (Å²) >= 11 is 0. The lowest BCUT2D eigenvalue weighted by Gasteiger charge is -2.30. The number of carboxylic acids is 1. The van der Waals surface area contributed by atoms with Gasteiger partial charge in [0.1, 0.15) is 0 Å². The molecule has 5 heteroatoms. The number of hydrogen-bond acceptors (Lipinski definition) is 2. The Bertz CT molecular complexity index is 284. The van der Waals surface area contributed by atoms with Gasteiger partial charge in [-0.3, -0.25) is 4.79 Å². The van der Waals surface area contributed by atoms with E-state index < -0.39 is 5.97 Å². The molecule has 0 heterocycles. The van der Waals surface area contributed by atoms with Crippen LogP contribution in [0.2, 0.25) is 0 Å². The molecular weight excluding hydrogens is 232 g/mol. The van der Waals surface area contributed by atoms with Gasteiger partial charge in [0.25, 0.3) is 0 Å². The molecule has 0 atom stereocenters. The summed E-state index contributed by atoms with van der Waals surface area (Å²) in [6.45, 7) is 5.94. The van der Waals surface area contributed by atoms with Gasteiger partial charge in [0, 0.05) is 25.7 Å². The smallest absolute Gasteiger partial charge is 0.320 e. The zero-order valence-corrected chi connectivity index (χ0v) is 11.4. The Kier molecular flexibility index (Phi) is 5.95. The van der Waals surface area contributed by atoms with E-state index in [2.05, 4.69) is 13.8 Å². The number of carbonyl (C=O) groups excluding carboxylic acids is 1. The van der Waals surface area contributed by atoms with Gasteiger partial charge in [0.15, 0.2) is 0 Å². The molecule has 1 rings (SSSR count). The van der Waals surface area contributed by atoms with Crippen LogP contribution in [0.5, 0.6) is 0 Å². The van der Waals surface area contributed by atoms with Crippen molar-refractivity contribution < 1.29 is 14.7 Å². The Morgan fingerprint density at radius 1 is 1.11 bits per heavy atom. The fourth-order valence-corrected chi connectivity index (χ4v) is 2.06. The molecule has 0 spiro atoms. The lowest BCUT2D eigenvalue weighted by atomic mass is 10.3. The maximum absolute atomic E-state index is 12.4. The largest absolute Gasteiger partial charge is 0.481 e. The molecular formula is C13H24N2O3. The van der Waals surface area contributed by atoms with Gasteiger partial charge in [0.05, 0.1) is 6.42 Å². The highest BCUT2D eigenvalue weighted by Crippen LogP contribution is 2.28. The Morgan fingerprint density at radius 2 is 1.67 bits per heavy atom. The van der Waals surface area contributed by atoms with Crippen LogP contribution in [0.25, 0.3) is 0 Å². The second-order valence-corrected chi connectivity index (χ2v) is 4.84. The van der Waals surface area contributed by atoms with Crippen molar-refractivity contribution in [1.29, 1.82) is 0 Å². The van der Waals surface area contributed by atoms with Gasteiger partial charge in [-0.15, -0.1) is 0 Å². The predicted octanol–water partition coefficient (Wildman–Crippen LogP) is 2.17. The van der Waals surface area contributed by atoms with E-state index in [1.807, 2.05) is 4.90 Å². The van der Waals surface area contributed by atoms with E-state index in [4.69, 9.17) is 5.11 Å². The third-order valence-corrected chi connectivity index (χ3v) is 3.06. The number of nitrogens with zero attached hydrogens (tertiary/aromatic N) is 2. The first-order chi connectivity index (χ1) is 8.60. The summed E-state index contributed by atoms with van der Waals surface area (Å²) in [5.74, 6) is -0.842. The molecule has 0 unspecified atom stereocenters. The van der Waals surface area contributed by atoms with E-state index in [1.54, 1.807) is 4.90 Å². The second kappa shape index (κ2) is 7.24. The summed E-state index contributed by atoms with van der Waals surface area (Å²) in [4.78, 5) is 26.6. The van der Waals surface area contributed by atoms with Gasteiger partial charge in [-0.25, -0.2) is 4.79 Å². The fourth-order valence-electron chi connectivity index (χ4n) is 2.06. The van der Waals surface area contributed by atoms with Crippen molar-refractivity contribution in [3.8, 4) is 0 Å². The molecule has 0 aromatic rings. The van der Waals surface area contributed by atoms with E-state index >= 15 is 0 Å². The minimum atomic E-state index is -0.842. The van der Waals surface area contributed by atoms with Crippen LogP contribution in [-0.4, -0.2) is 52.6 Å². The molecule has 1 saturated carbocycles. The van der Waals surface area contributed by atoms with E-state index in [0.29, 0.717) is 6.54 Å². The number of carboxylic acid groups (broad SMARTS) is 1. The van der Waals surface area contributed by atoms with Crippen molar-refractivity contribution in [2.24, 2.45) is 0 Å². The maximum Gasteiger partial charge on any atom is 0.320 e. The standard InChI is InChI=1S/C13H24N2O3/c1-3-8-14(9-4-2)13(18)15(11-5-6-11)10-7-12(16)17/h11H,3-10H2,1-2H3,(H,16,17). The maximum atomic E-state index is 12.4. The summed E-state index contributed by atoms with van der Waals surface area (Å²) in [5, 5.41) is 8.74. The first kappa shape index (κ1) is 14.8. The molecule has 2 amide bonds. The molecule has 1 fully saturated rings. The summed E-state index contributed by atoms with van der Waals surface area (Å²) in [6, 6.07) is 0.288. The van der Waals surface area contributed by atoms with Gasteiger partial charge in [-0.2, -0.15) is 0 Å². The van der Waals surface area contributed by atoms with Gasteiger partial charge >= 0.3 is 12.0 Å². The summed E-state index contributed by atoms with van der Waals surface area (Å²) in [6.07, 6.45) is 3.93. The first-order valence-corrected chi connectivity index (χ1v) is 6.87. The van der Waals surface area contributed by atoms with Crippen molar-refractivity contribution >= 4 is 12.0 Å². The molecule has 18 heavy (non-hydrogen) atoms. The molecule has 1 N–H and O–H groups in total. The highest BCUT2D eigenvalue weighted by atomic mass is 16.4. The summed E-state index contributed by atoms with van der Waals surface area (Å²) < 4.78 is 0. The van der Waals surface area contributed by atoms with Crippen LogP contribution in [-0.2, 0) is 4.79 Å². The zero-order valence-electron chi connectivity index (χ0n) is 11.4. The number of hydrogen-bond donors (Lipinski definition) is 1. The molecule has 104 valence electrons. The molecule has 5 nitrogen and oxygen atoms in total. The molecule has 0 radical (unpaired) electrons. The lowest BCUT2D eigenvalue weighted by Crippen LogP contribution is -2.45. The molecule has 0 bridgehead atoms. The van der Waals surface area contributed by atoms with Crippen LogP contribution >= 0.6 is 0 Å². The van der Waals surface area contributed by atoms with Crippen LogP contribution in [0.3, 0.4) is 0 Å². The van der Waals surface area contributed by atoms with Crippen molar-refractivity contribution in [2.75, 3.05) is 19.6 Å². The van der Waals surface area contributed by atoms with E-state index in [9.17, 15) is 9.59 Å². The average molecular weight is 256 g/mol. The third-order valence-electron chi connectivity index (χ3n) is 3.06. The quantitative estimate of drug-likeness (QED) is 0.724. The molecule has 0 aromatic heterocycles. The Balaban J connectivity index is 2.58. The zero-order chi connectivity index (χ0) is 13.5. The highest BCUT2D eigenvalue weighted by molar-refractivity contribution is 5.76. The van der Waals surface area contributed by atoms with E-state index in [1.165, 1.54) is 0 Å². The molecule has 1 aliphatic carbocycles. The van der Waals surface area contributed by atoms with Crippen molar-refractivity contribution in [2.45, 2.75) is 52.0 Å². The highest BCUT2D eigenvalue weighted by Gasteiger charge is 2.34. The van der Waals surface area contributed by atoms with Gasteiger partial charge < -0.3 is 14.9 Å². The number of carbonyl (C=O) groups is 2. The SMILES string of the molecule is CCCN(CCC)C(=O)N(CCC(=O)O)C1CC1. The third kappa shape index (κ3) is 4.55. The minimum Gasteiger partial charge on any atom is -0.481 e. The molecule has 0 aromatic carbocycles. The van der Waals surface area contributed by atoms with Gasteiger partial charge in [-0.1, -0.05) is 13.8 Å². The van der Waals surface area contributed by atoms with Crippen LogP contribution in [0.1, 0.15) is 46.0 Å². The monoisotopic (exact) mass is 256 g/mol. The van der Waals surface area contributed by atoms with Crippen molar-refractivity contribution in [3.05, 3.63) is 0 Å². The predicted molar refractivity (Wildman–Crippen MR) is 69.5 cm³/mol. The van der Waals surface area contributed by atoms with Gasteiger partial charge in [-0.05, 0) is 25.7 Å². The normalized spacial score (nSPS) is 14.3. The molecule has 1 aliphatic rings. The van der Waals surface area contributed by atoms with E-state index in [-0.39, 0.29) is 18.5 Å². The number of urea groups is 1. The van der Waals surface area contributed by atoms with Crippen LogP contribution < -0.4 is 0 Å². The Morgan fingerprint density at radius 3 is 2.06 bits per heavy atom. The Labute approximate surface area is 109 Å². The number of aliphatic carboxylic acids is 1. The van der Waals surface area contributed by atoms with Crippen LogP contribution in [0, 0.1) is 0 Å². The van der Waals surface area contributed by atoms with Crippen LogP contribution in [0.15, 0.2) is 0 Å². The van der Waals surface area contributed by atoms with E-state index in [0.717, 1.165) is 38.8 Å².